The van der Waals surface area contributed by atoms with Crippen LogP contribution < -0.4 is 4.74 Å². The molecule has 0 aromatic heterocycles. The number of likely N-dealkylation sites (N-methyl/N-ethyl adjacent to an activating group) is 1. The van der Waals surface area contributed by atoms with Crippen molar-refractivity contribution in [2.75, 3.05) is 20.3 Å². The molecule has 0 amide bonds. The average Bonchev–Trinajstić information content (AvgIpc) is 2.68. The third-order valence-corrected chi connectivity index (χ3v) is 12.1. The lowest BCUT2D eigenvalue weighted by atomic mass is 10.2. The maximum absolute atomic E-state index is 13.1. The largest absolute Gasteiger partial charge is 0.457 e. The second kappa shape index (κ2) is 9.61. The normalized spacial score (nSPS) is 14.0. The van der Waals surface area contributed by atoms with Crippen LogP contribution in [-0.4, -0.2) is 52.5 Å². The number of hydrogen-bond acceptors (Lipinski definition) is 5. The Labute approximate surface area is 181 Å². The van der Waals surface area contributed by atoms with Crippen LogP contribution in [0.4, 0.5) is 0 Å². The number of para-hydroxylation sites is 1. The summed E-state index contributed by atoms with van der Waals surface area (Å²) in [5.41, 5.74) is 0. The highest BCUT2D eigenvalue weighted by Gasteiger charge is 2.38. The Morgan fingerprint density at radius 3 is 2.03 bits per heavy atom. The second-order valence-electron chi connectivity index (χ2n) is 8.82. The van der Waals surface area contributed by atoms with Gasteiger partial charge in [0.15, 0.2) is 8.32 Å². The number of rotatable bonds is 9. The average molecular weight is 452 g/mol. The summed E-state index contributed by atoms with van der Waals surface area (Å²) in [5.74, 6) is 1.22. The molecule has 0 heterocycles. The van der Waals surface area contributed by atoms with Gasteiger partial charge in [0.2, 0.25) is 10.0 Å². The van der Waals surface area contributed by atoms with E-state index >= 15 is 0 Å². The van der Waals surface area contributed by atoms with Crippen LogP contribution in [0.1, 0.15) is 20.8 Å². The molecule has 0 aliphatic heterocycles. The van der Waals surface area contributed by atoms with Crippen molar-refractivity contribution >= 4 is 18.3 Å². The molecule has 0 fully saturated rings. The van der Waals surface area contributed by atoms with Crippen molar-refractivity contribution in [1.29, 1.82) is 0 Å². The van der Waals surface area contributed by atoms with Crippen molar-refractivity contribution in [2.45, 2.75) is 49.8 Å². The monoisotopic (exact) mass is 451 g/mol. The lowest BCUT2D eigenvalue weighted by Crippen LogP contribution is -2.48. The Balaban J connectivity index is 2.12. The van der Waals surface area contributed by atoms with Gasteiger partial charge in [-0.1, -0.05) is 39.0 Å². The molecule has 0 spiro atoms. The van der Waals surface area contributed by atoms with Crippen molar-refractivity contribution in [3.63, 3.8) is 0 Å². The number of ether oxygens (including phenoxy) is 1. The zero-order valence-electron chi connectivity index (χ0n) is 18.6. The standard InChI is InChI=1S/C22H33NO5SSi/c1-22(2,3)30(5,6)27-17-18(16-24)23(4)29(25,26)21-14-12-20(13-15-21)28-19-10-8-7-9-11-19/h7-15,18,24H,16-17H2,1-6H3. The first kappa shape index (κ1) is 24.6. The van der Waals surface area contributed by atoms with Gasteiger partial charge in [0.05, 0.1) is 24.2 Å². The van der Waals surface area contributed by atoms with Crippen LogP contribution in [0.2, 0.25) is 18.1 Å². The number of aliphatic hydroxyl groups excluding tert-OH is 1. The lowest BCUT2D eigenvalue weighted by Gasteiger charge is -2.38. The van der Waals surface area contributed by atoms with E-state index in [1.807, 2.05) is 30.3 Å². The Morgan fingerprint density at radius 1 is 1.00 bits per heavy atom. The van der Waals surface area contributed by atoms with E-state index in [0.29, 0.717) is 11.5 Å². The van der Waals surface area contributed by atoms with Gasteiger partial charge >= 0.3 is 0 Å². The summed E-state index contributed by atoms with van der Waals surface area (Å²) in [7, 11) is -4.38. The molecule has 0 aliphatic rings. The smallest absolute Gasteiger partial charge is 0.243 e. The van der Waals surface area contributed by atoms with Gasteiger partial charge in [-0.15, -0.1) is 0 Å². The van der Waals surface area contributed by atoms with Crippen molar-refractivity contribution < 1.29 is 22.7 Å². The molecule has 0 radical (unpaired) electrons. The summed E-state index contributed by atoms with van der Waals surface area (Å²) in [6.45, 7) is 10.4. The fraction of sp³-hybridized carbons (Fsp3) is 0.455. The summed E-state index contributed by atoms with van der Waals surface area (Å²) in [5, 5.41) is 9.82. The second-order valence-corrected chi connectivity index (χ2v) is 15.6. The summed E-state index contributed by atoms with van der Waals surface area (Å²) in [4.78, 5) is 0.135. The Morgan fingerprint density at radius 2 is 1.53 bits per heavy atom. The van der Waals surface area contributed by atoms with Gasteiger partial charge in [0.1, 0.15) is 11.5 Å². The van der Waals surface area contributed by atoms with E-state index < -0.39 is 24.4 Å². The van der Waals surface area contributed by atoms with Crippen molar-refractivity contribution in [3.8, 4) is 11.5 Å². The van der Waals surface area contributed by atoms with E-state index in [2.05, 4.69) is 33.9 Å². The highest BCUT2D eigenvalue weighted by molar-refractivity contribution is 7.89. The van der Waals surface area contributed by atoms with Crippen LogP contribution >= 0.6 is 0 Å². The molecular weight excluding hydrogens is 418 g/mol. The molecule has 2 aromatic carbocycles. The van der Waals surface area contributed by atoms with Crippen LogP contribution in [0.15, 0.2) is 59.5 Å². The minimum Gasteiger partial charge on any atom is -0.457 e. The molecule has 6 nitrogen and oxygen atoms in total. The molecule has 1 atom stereocenters. The van der Waals surface area contributed by atoms with Gasteiger partial charge in [-0.25, -0.2) is 8.42 Å². The number of sulfonamides is 1. The summed E-state index contributed by atoms with van der Waals surface area (Å²) < 4.78 is 39.2. The van der Waals surface area contributed by atoms with Crippen molar-refractivity contribution in [3.05, 3.63) is 54.6 Å². The van der Waals surface area contributed by atoms with Gasteiger partial charge in [0.25, 0.3) is 0 Å². The highest BCUT2D eigenvalue weighted by Crippen LogP contribution is 2.36. The molecule has 1 N–H and O–H groups in total. The van der Waals surface area contributed by atoms with Crippen LogP contribution in [0, 0.1) is 0 Å². The first-order valence-electron chi connectivity index (χ1n) is 9.94. The molecule has 0 aliphatic carbocycles. The number of aliphatic hydroxyl groups is 1. The molecule has 2 rings (SSSR count). The maximum Gasteiger partial charge on any atom is 0.243 e. The molecular formula is C22H33NO5SSi. The molecule has 30 heavy (non-hydrogen) atoms. The van der Waals surface area contributed by atoms with Gasteiger partial charge < -0.3 is 14.3 Å². The molecule has 2 aromatic rings. The molecule has 166 valence electrons. The predicted octanol–water partition coefficient (Wildman–Crippen LogP) is 4.48. The maximum atomic E-state index is 13.1. The quantitative estimate of drug-likeness (QED) is 0.569. The van der Waals surface area contributed by atoms with E-state index in [0.717, 1.165) is 0 Å². The summed E-state index contributed by atoms with van der Waals surface area (Å²) in [6.07, 6.45) is 0. The molecule has 0 saturated heterocycles. The first-order valence-corrected chi connectivity index (χ1v) is 14.3. The number of hydrogen-bond donors (Lipinski definition) is 1. The molecule has 0 saturated carbocycles. The Hall–Kier alpha value is -1.71. The zero-order valence-corrected chi connectivity index (χ0v) is 20.4. The number of nitrogens with zero attached hydrogens (tertiary/aromatic N) is 1. The Bertz CT molecular complexity index is 909. The van der Waals surface area contributed by atoms with Crippen LogP contribution in [0.25, 0.3) is 0 Å². The molecule has 1 unspecified atom stereocenters. The fourth-order valence-electron chi connectivity index (χ4n) is 2.46. The van der Waals surface area contributed by atoms with E-state index in [1.165, 1.54) is 23.5 Å². The third-order valence-electron chi connectivity index (χ3n) is 5.65. The summed E-state index contributed by atoms with van der Waals surface area (Å²) >= 11 is 0. The topological polar surface area (TPSA) is 76.1 Å². The SMILES string of the molecule is CN(C(CO)CO[Si](C)(C)C(C)(C)C)S(=O)(=O)c1ccc(Oc2ccccc2)cc1. The van der Waals surface area contributed by atoms with Crippen LogP contribution in [0.5, 0.6) is 11.5 Å². The van der Waals surface area contributed by atoms with Crippen LogP contribution in [0.3, 0.4) is 0 Å². The summed E-state index contributed by atoms with van der Waals surface area (Å²) in [6, 6.07) is 14.9. The van der Waals surface area contributed by atoms with Gasteiger partial charge in [-0.05, 0) is 54.5 Å². The predicted molar refractivity (Wildman–Crippen MR) is 122 cm³/mol. The third kappa shape index (κ3) is 5.92. The minimum atomic E-state index is -3.79. The Kier molecular flexibility index (Phi) is 7.87. The van der Waals surface area contributed by atoms with Gasteiger partial charge in [-0.3, -0.25) is 0 Å². The number of benzene rings is 2. The molecule has 0 bridgehead atoms. The zero-order chi connectivity index (χ0) is 22.6. The lowest BCUT2D eigenvalue weighted by molar-refractivity contribution is 0.139. The van der Waals surface area contributed by atoms with Crippen molar-refractivity contribution in [2.24, 2.45) is 0 Å². The minimum absolute atomic E-state index is 0.000956. The first-order chi connectivity index (χ1) is 13.9. The van der Waals surface area contributed by atoms with E-state index in [9.17, 15) is 13.5 Å². The van der Waals surface area contributed by atoms with E-state index in [4.69, 9.17) is 9.16 Å². The van der Waals surface area contributed by atoms with E-state index in [1.54, 1.807) is 12.1 Å². The van der Waals surface area contributed by atoms with Gasteiger partial charge in [0, 0.05) is 7.05 Å². The van der Waals surface area contributed by atoms with Crippen molar-refractivity contribution in [1.82, 2.24) is 4.31 Å². The van der Waals surface area contributed by atoms with Gasteiger partial charge in [-0.2, -0.15) is 4.31 Å². The molecule has 8 heteroatoms. The fourth-order valence-corrected chi connectivity index (χ4v) is 4.84. The highest BCUT2D eigenvalue weighted by atomic mass is 32.2. The van der Waals surface area contributed by atoms with Crippen LogP contribution in [-0.2, 0) is 14.4 Å². The van der Waals surface area contributed by atoms with E-state index in [-0.39, 0.29) is 23.1 Å².